The molecule has 0 bridgehead atoms. The number of hydrogen-bond donors (Lipinski definition) is 4. The molecular formula is C25H24N6O. The van der Waals surface area contributed by atoms with Crippen molar-refractivity contribution < 1.29 is 0 Å². The van der Waals surface area contributed by atoms with Gasteiger partial charge in [-0.3, -0.25) is 9.97 Å². The van der Waals surface area contributed by atoms with E-state index >= 15 is 0 Å². The lowest BCUT2D eigenvalue weighted by Gasteiger charge is -1.84. The minimum absolute atomic E-state index is 0.338. The quantitative estimate of drug-likeness (QED) is 0.281. The monoisotopic (exact) mass is 424 g/mol. The topological polar surface area (TPSA) is 116 Å². The van der Waals surface area contributed by atoms with Crippen LogP contribution in [0.3, 0.4) is 0 Å². The zero-order valence-electron chi connectivity index (χ0n) is 17.3. The van der Waals surface area contributed by atoms with Crippen molar-refractivity contribution in [2.45, 2.75) is 0 Å². The Morgan fingerprint density at radius 3 is 1.56 bits per heavy atom. The molecule has 7 heteroatoms. The van der Waals surface area contributed by atoms with E-state index in [1.807, 2.05) is 54.9 Å². The second-order valence-corrected chi connectivity index (χ2v) is 6.48. The Morgan fingerprint density at radius 2 is 1.19 bits per heavy atom. The van der Waals surface area contributed by atoms with Crippen molar-refractivity contribution in [1.29, 1.82) is 0 Å². The molecule has 2 aromatic carbocycles. The van der Waals surface area contributed by atoms with Crippen molar-refractivity contribution >= 4 is 27.6 Å². The molecule has 0 fully saturated rings. The number of rotatable bonds is 0. The Labute approximate surface area is 185 Å². The SMILES string of the molecule is Nc1ccnc(=O)[nH]1.c1ccc2[nH]ccc2c1.c1ccc2[nH]ccc2c1.c1ccncc1. The van der Waals surface area contributed by atoms with Crippen LogP contribution in [0, 0.1) is 0 Å². The first-order chi connectivity index (χ1) is 15.7. The third-order valence-corrected chi connectivity index (χ3v) is 4.19. The number of nitrogens with zero attached hydrogens (tertiary/aromatic N) is 2. The molecule has 32 heavy (non-hydrogen) atoms. The number of para-hydroxylation sites is 2. The number of benzene rings is 2. The molecule has 4 aromatic heterocycles. The average Bonchev–Trinajstić information content (AvgIpc) is 3.51. The first kappa shape index (κ1) is 22.0. The highest BCUT2D eigenvalue weighted by Crippen LogP contribution is 2.09. The van der Waals surface area contributed by atoms with Gasteiger partial charge in [0.25, 0.3) is 0 Å². The van der Waals surface area contributed by atoms with Gasteiger partial charge in [-0.25, -0.2) is 9.78 Å². The van der Waals surface area contributed by atoms with Crippen molar-refractivity contribution in [2.75, 3.05) is 5.73 Å². The minimum atomic E-state index is -0.412. The number of H-pyrrole nitrogens is 3. The lowest BCUT2D eigenvalue weighted by molar-refractivity contribution is 1.08. The van der Waals surface area contributed by atoms with E-state index in [2.05, 4.69) is 61.3 Å². The average molecular weight is 425 g/mol. The number of nitrogens with one attached hydrogen (secondary N) is 3. The van der Waals surface area contributed by atoms with Crippen molar-refractivity contribution in [3.8, 4) is 0 Å². The van der Waals surface area contributed by atoms with E-state index in [1.165, 1.54) is 34.1 Å². The first-order valence-electron chi connectivity index (χ1n) is 9.92. The van der Waals surface area contributed by atoms with Gasteiger partial charge in [0.05, 0.1) is 0 Å². The van der Waals surface area contributed by atoms with Crippen LogP contribution >= 0.6 is 0 Å². The lowest BCUT2D eigenvalue weighted by Crippen LogP contribution is -2.10. The van der Waals surface area contributed by atoms with Gasteiger partial charge in [-0.15, -0.1) is 0 Å². The van der Waals surface area contributed by atoms with E-state index in [4.69, 9.17) is 5.73 Å². The molecule has 0 aliphatic carbocycles. The van der Waals surface area contributed by atoms with Gasteiger partial charge in [0.15, 0.2) is 0 Å². The molecule has 0 aliphatic rings. The maximum absolute atomic E-state index is 10.2. The predicted molar refractivity (Wildman–Crippen MR) is 130 cm³/mol. The summed E-state index contributed by atoms with van der Waals surface area (Å²) >= 11 is 0. The van der Waals surface area contributed by atoms with Crippen LogP contribution in [0.4, 0.5) is 5.82 Å². The Bertz CT molecular complexity index is 1220. The van der Waals surface area contributed by atoms with E-state index in [-0.39, 0.29) is 0 Å². The summed E-state index contributed by atoms with van der Waals surface area (Å²) in [6, 6.07) is 27.8. The molecule has 6 aromatic rings. The maximum atomic E-state index is 10.2. The summed E-state index contributed by atoms with van der Waals surface area (Å²) in [6.07, 6.45) is 8.75. The molecule has 5 N–H and O–H groups in total. The number of aromatic amines is 3. The van der Waals surface area contributed by atoms with Gasteiger partial charge < -0.3 is 15.7 Å². The van der Waals surface area contributed by atoms with Crippen molar-refractivity contribution in [3.63, 3.8) is 0 Å². The van der Waals surface area contributed by atoms with Gasteiger partial charge in [-0.05, 0) is 53.2 Å². The van der Waals surface area contributed by atoms with Crippen LogP contribution in [0.15, 0.2) is 121 Å². The molecule has 0 amide bonds. The number of nitrogen functional groups attached to an aromatic ring is 1. The van der Waals surface area contributed by atoms with Crippen LogP contribution in [-0.2, 0) is 0 Å². The summed E-state index contributed by atoms with van der Waals surface area (Å²) in [6.45, 7) is 0. The normalized spacial score (nSPS) is 9.50. The van der Waals surface area contributed by atoms with Crippen LogP contribution in [0.5, 0.6) is 0 Å². The second kappa shape index (κ2) is 12.1. The molecule has 0 saturated carbocycles. The van der Waals surface area contributed by atoms with Gasteiger partial charge in [0.2, 0.25) is 0 Å². The highest BCUT2D eigenvalue weighted by Gasteiger charge is 1.87. The van der Waals surface area contributed by atoms with Gasteiger partial charge in [-0.2, -0.15) is 0 Å². The fourth-order valence-electron chi connectivity index (χ4n) is 2.69. The largest absolute Gasteiger partial charge is 0.385 e. The summed E-state index contributed by atoms with van der Waals surface area (Å²) in [7, 11) is 0. The van der Waals surface area contributed by atoms with E-state index in [1.54, 1.807) is 12.4 Å². The van der Waals surface area contributed by atoms with Crippen LogP contribution in [-0.4, -0.2) is 24.9 Å². The van der Waals surface area contributed by atoms with Crippen molar-refractivity contribution in [2.24, 2.45) is 0 Å². The Kier molecular flexibility index (Phi) is 8.36. The predicted octanol–water partition coefficient (Wildman–Crippen LogP) is 4.77. The summed E-state index contributed by atoms with van der Waals surface area (Å²) in [5, 5.41) is 2.55. The number of pyridine rings is 1. The van der Waals surface area contributed by atoms with Crippen LogP contribution in [0.1, 0.15) is 0 Å². The zero-order valence-corrected chi connectivity index (χ0v) is 17.3. The molecule has 7 nitrogen and oxygen atoms in total. The van der Waals surface area contributed by atoms with Crippen LogP contribution in [0.25, 0.3) is 21.8 Å². The number of fused-ring (bicyclic) bond motifs is 2. The molecule has 0 radical (unpaired) electrons. The zero-order chi connectivity index (χ0) is 22.4. The standard InChI is InChI=1S/2C8H7N.C5H5N.C4H5N3O/c2*1-2-4-8-7(3-1)5-6-9-8;1-2-4-6-5-3-1;5-3-1-2-6-4(8)7-3/h2*1-6,9H;1-5H;1-2H,(H3,5,6,7,8). The molecular weight excluding hydrogens is 400 g/mol. The highest BCUT2D eigenvalue weighted by molar-refractivity contribution is 5.79. The van der Waals surface area contributed by atoms with Crippen LogP contribution < -0.4 is 11.4 Å². The third kappa shape index (κ3) is 7.31. The number of aromatic nitrogens is 5. The molecule has 0 aliphatic heterocycles. The molecule has 0 unspecified atom stereocenters. The summed E-state index contributed by atoms with van der Waals surface area (Å²) < 4.78 is 0. The Morgan fingerprint density at radius 1 is 0.625 bits per heavy atom. The van der Waals surface area contributed by atoms with Crippen molar-refractivity contribution in [3.05, 3.63) is 126 Å². The Balaban J connectivity index is 0.000000122. The van der Waals surface area contributed by atoms with Gasteiger partial charge >= 0.3 is 5.69 Å². The van der Waals surface area contributed by atoms with Crippen molar-refractivity contribution in [1.82, 2.24) is 24.9 Å². The summed E-state index contributed by atoms with van der Waals surface area (Å²) in [5.41, 5.74) is 7.16. The van der Waals surface area contributed by atoms with Gasteiger partial charge in [0, 0.05) is 42.0 Å². The minimum Gasteiger partial charge on any atom is -0.385 e. The number of hydrogen-bond acceptors (Lipinski definition) is 4. The number of anilines is 1. The van der Waals surface area contributed by atoms with E-state index in [9.17, 15) is 4.79 Å². The van der Waals surface area contributed by atoms with Crippen LogP contribution in [0.2, 0.25) is 0 Å². The fourth-order valence-corrected chi connectivity index (χ4v) is 2.69. The molecule has 6 rings (SSSR count). The first-order valence-corrected chi connectivity index (χ1v) is 9.92. The Hall–Kier alpha value is -4.65. The summed E-state index contributed by atoms with van der Waals surface area (Å²) in [5.74, 6) is 0.338. The molecule has 160 valence electrons. The molecule has 0 spiro atoms. The maximum Gasteiger partial charge on any atom is 0.346 e. The third-order valence-electron chi connectivity index (χ3n) is 4.19. The fraction of sp³-hybridized carbons (Fsp3) is 0. The second-order valence-electron chi connectivity index (χ2n) is 6.48. The van der Waals surface area contributed by atoms with Gasteiger partial charge in [0.1, 0.15) is 5.82 Å². The van der Waals surface area contributed by atoms with E-state index in [0.717, 1.165) is 0 Å². The molecule has 4 heterocycles. The molecule has 0 saturated heterocycles. The molecule has 0 atom stereocenters. The lowest BCUT2D eigenvalue weighted by atomic mass is 10.3. The highest BCUT2D eigenvalue weighted by atomic mass is 16.1. The number of nitrogens with two attached hydrogens (primary N) is 1. The summed E-state index contributed by atoms with van der Waals surface area (Å²) in [4.78, 5) is 25.9. The van der Waals surface area contributed by atoms with Gasteiger partial charge in [-0.1, -0.05) is 42.5 Å². The van der Waals surface area contributed by atoms with E-state index in [0.29, 0.717) is 5.82 Å². The smallest absolute Gasteiger partial charge is 0.346 e. The van der Waals surface area contributed by atoms with E-state index < -0.39 is 5.69 Å².